The topological polar surface area (TPSA) is 57.9 Å². The largest absolute Gasteiger partial charge is 0.399 e. The van der Waals surface area contributed by atoms with Crippen molar-refractivity contribution < 1.29 is 0 Å². The first-order valence-corrected chi connectivity index (χ1v) is 7.61. The number of likely N-dealkylation sites (tertiary alicyclic amines) is 1. The van der Waals surface area contributed by atoms with E-state index in [1.807, 2.05) is 18.2 Å². The Hall–Kier alpha value is -1.55. The fraction of sp³-hybridized carbons (Fsp3) is 0.562. The van der Waals surface area contributed by atoms with Crippen molar-refractivity contribution in [3.63, 3.8) is 0 Å². The van der Waals surface area contributed by atoms with Crippen LogP contribution >= 0.6 is 0 Å². The van der Waals surface area contributed by atoms with E-state index in [2.05, 4.69) is 28.7 Å². The molecule has 2 heterocycles. The number of imidazole rings is 1. The number of aromatic nitrogens is 2. The molecule has 0 bridgehead atoms. The van der Waals surface area contributed by atoms with Gasteiger partial charge in [0.25, 0.3) is 0 Å². The number of nitrogen functional groups attached to an aromatic ring is 1. The van der Waals surface area contributed by atoms with Crippen LogP contribution in [0.15, 0.2) is 18.2 Å². The fourth-order valence-electron chi connectivity index (χ4n) is 3.18. The predicted molar refractivity (Wildman–Crippen MR) is 83.6 cm³/mol. The molecule has 2 atom stereocenters. The molecule has 1 aromatic heterocycles. The average molecular weight is 272 g/mol. The molecule has 1 fully saturated rings. The zero-order chi connectivity index (χ0) is 14.1. The number of hydrogen-bond acceptors (Lipinski definition) is 3. The van der Waals surface area contributed by atoms with E-state index in [1.54, 1.807) is 0 Å². The minimum atomic E-state index is 0.684. The fourth-order valence-corrected chi connectivity index (χ4v) is 3.18. The highest BCUT2D eigenvalue weighted by molar-refractivity contribution is 5.78. The maximum absolute atomic E-state index is 5.80. The van der Waals surface area contributed by atoms with Crippen molar-refractivity contribution in [1.29, 1.82) is 0 Å². The van der Waals surface area contributed by atoms with Crippen LogP contribution in [0.25, 0.3) is 11.0 Å². The van der Waals surface area contributed by atoms with Gasteiger partial charge in [0.1, 0.15) is 5.82 Å². The van der Waals surface area contributed by atoms with E-state index in [0.717, 1.165) is 41.4 Å². The average Bonchev–Trinajstić information content (AvgIpc) is 2.82. The van der Waals surface area contributed by atoms with Crippen LogP contribution in [-0.4, -0.2) is 34.0 Å². The van der Waals surface area contributed by atoms with Gasteiger partial charge in [-0.05, 0) is 50.4 Å². The van der Waals surface area contributed by atoms with Crippen LogP contribution in [0, 0.1) is 5.92 Å². The Morgan fingerprint density at radius 3 is 3.10 bits per heavy atom. The summed E-state index contributed by atoms with van der Waals surface area (Å²) in [5.41, 5.74) is 8.64. The van der Waals surface area contributed by atoms with Gasteiger partial charge in [-0.2, -0.15) is 0 Å². The maximum atomic E-state index is 5.80. The number of hydrogen-bond donors (Lipinski definition) is 2. The second kappa shape index (κ2) is 5.44. The first-order valence-electron chi connectivity index (χ1n) is 7.61. The zero-order valence-electron chi connectivity index (χ0n) is 12.4. The summed E-state index contributed by atoms with van der Waals surface area (Å²) in [6.45, 7) is 7.02. The maximum Gasteiger partial charge on any atom is 0.108 e. The van der Waals surface area contributed by atoms with E-state index in [9.17, 15) is 0 Å². The van der Waals surface area contributed by atoms with Gasteiger partial charge in [0.2, 0.25) is 0 Å². The van der Waals surface area contributed by atoms with Gasteiger partial charge in [0.05, 0.1) is 11.0 Å². The number of H-pyrrole nitrogens is 1. The molecule has 108 valence electrons. The summed E-state index contributed by atoms with van der Waals surface area (Å²) in [6, 6.07) is 6.53. The molecule has 0 aliphatic carbocycles. The second-order valence-electron chi connectivity index (χ2n) is 6.11. The number of rotatable bonds is 3. The van der Waals surface area contributed by atoms with Crippen LogP contribution in [0.5, 0.6) is 0 Å². The van der Waals surface area contributed by atoms with Gasteiger partial charge in [-0.1, -0.05) is 6.92 Å². The van der Waals surface area contributed by atoms with Crippen molar-refractivity contribution in [2.24, 2.45) is 5.92 Å². The molecule has 1 aromatic carbocycles. The third-order valence-electron chi connectivity index (χ3n) is 4.70. The van der Waals surface area contributed by atoms with Crippen molar-refractivity contribution in [3.05, 3.63) is 24.0 Å². The van der Waals surface area contributed by atoms with Gasteiger partial charge >= 0.3 is 0 Å². The quantitative estimate of drug-likeness (QED) is 0.845. The predicted octanol–water partition coefficient (Wildman–Crippen LogP) is 2.81. The molecule has 2 unspecified atom stereocenters. The van der Waals surface area contributed by atoms with E-state index >= 15 is 0 Å². The Bertz CT molecular complexity index is 589. The minimum Gasteiger partial charge on any atom is -0.399 e. The minimum absolute atomic E-state index is 0.684. The van der Waals surface area contributed by atoms with Crippen molar-refractivity contribution >= 4 is 16.7 Å². The third kappa shape index (κ3) is 2.66. The Balaban J connectivity index is 1.67. The molecule has 2 aromatic rings. The SMILES string of the molecule is CC1CCCN(CCc2nc3ccc(N)cc3[nH]2)C1C. The molecule has 20 heavy (non-hydrogen) atoms. The highest BCUT2D eigenvalue weighted by Gasteiger charge is 2.24. The lowest BCUT2D eigenvalue weighted by Crippen LogP contribution is -2.43. The van der Waals surface area contributed by atoms with Crippen molar-refractivity contribution in [3.8, 4) is 0 Å². The molecule has 0 amide bonds. The van der Waals surface area contributed by atoms with Gasteiger partial charge in [-0.3, -0.25) is 4.90 Å². The van der Waals surface area contributed by atoms with Gasteiger partial charge in [0, 0.05) is 24.7 Å². The van der Waals surface area contributed by atoms with Crippen LogP contribution in [0.2, 0.25) is 0 Å². The van der Waals surface area contributed by atoms with Gasteiger partial charge in [0.15, 0.2) is 0 Å². The summed E-state index contributed by atoms with van der Waals surface area (Å²) in [7, 11) is 0. The first-order chi connectivity index (χ1) is 9.63. The van der Waals surface area contributed by atoms with E-state index in [4.69, 9.17) is 5.73 Å². The second-order valence-corrected chi connectivity index (χ2v) is 6.11. The Kier molecular flexibility index (Phi) is 3.66. The van der Waals surface area contributed by atoms with Gasteiger partial charge < -0.3 is 10.7 Å². The van der Waals surface area contributed by atoms with E-state index in [-0.39, 0.29) is 0 Å². The number of nitrogens with one attached hydrogen (secondary N) is 1. The number of benzene rings is 1. The lowest BCUT2D eigenvalue weighted by atomic mass is 9.92. The number of nitrogens with zero attached hydrogens (tertiary/aromatic N) is 2. The van der Waals surface area contributed by atoms with Crippen molar-refractivity contribution in [2.45, 2.75) is 39.2 Å². The molecule has 3 rings (SSSR count). The number of piperidine rings is 1. The van der Waals surface area contributed by atoms with Gasteiger partial charge in [-0.15, -0.1) is 0 Å². The van der Waals surface area contributed by atoms with Crippen LogP contribution in [0.4, 0.5) is 5.69 Å². The highest BCUT2D eigenvalue weighted by Crippen LogP contribution is 2.23. The molecule has 3 N–H and O–H groups in total. The summed E-state index contributed by atoms with van der Waals surface area (Å²) in [4.78, 5) is 10.6. The molecule has 1 aliphatic heterocycles. The van der Waals surface area contributed by atoms with E-state index in [1.165, 1.54) is 19.4 Å². The Morgan fingerprint density at radius 1 is 1.40 bits per heavy atom. The van der Waals surface area contributed by atoms with E-state index < -0.39 is 0 Å². The monoisotopic (exact) mass is 272 g/mol. The molecule has 0 spiro atoms. The number of aromatic amines is 1. The molecule has 0 radical (unpaired) electrons. The molecule has 4 heteroatoms. The summed E-state index contributed by atoms with van der Waals surface area (Å²) in [5.74, 6) is 1.87. The lowest BCUT2D eigenvalue weighted by molar-refractivity contribution is 0.115. The summed E-state index contributed by atoms with van der Waals surface area (Å²) in [6.07, 6.45) is 3.66. The Morgan fingerprint density at radius 2 is 2.25 bits per heavy atom. The molecular formula is C16H24N4. The van der Waals surface area contributed by atoms with Crippen LogP contribution in [0.3, 0.4) is 0 Å². The number of anilines is 1. The summed E-state index contributed by atoms with van der Waals surface area (Å²) in [5, 5.41) is 0. The van der Waals surface area contributed by atoms with Crippen molar-refractivity contribution in [1.82, 2.24) is 14.9 Å². The normalized spacial score (nSPS) is 24.3. The van der Waals surface area contributed by atoms with Gasteiger partial charge in [-0.25, -0.2) is 4.98 Å². The third-order valence-corrected chi connectivity index (χ3v) is 4.70. The Labute approximate surface area is 120 Å². The molecule has 1 aliphatic rings. The van der Waals surface area contributed by atoms with Crippen molar-refractivity contribution in [2.75, 3.05) is 18.8 Å². The molecule has 0 saturated carbocycles. The number of fused-ring (bicyclic) bond motifs is 1. The summed E-state index contributed by atoms with van der Waals surface area (Å²) < 4.78 is 0. The number of nitrogens with two attached hydrogens (primary N) is 1. The van der Waals surface area contributed by atoms with Crippen LogP contribution in [0.1, 0.15) is 32.5 Å². The molecular weight excluding hydrogens is 248 g/mol. The highest BCUT2D eigenvalue weighted by atomic mass is 15.2. The van der Waals surface area contributed by atoms with E-state index in [0.29, 0.717) is 6.04 Å². The first kappa shape index (κ1) is 13.4. The standard InChI is InChI=1S/C16H24N4/c1-11-4-3-8-20(12(11)2)9-7-16-18-14-6-5-13(17)10-15(14)19-16/h5-6,10-12H,3-4,7-9,17H2,1-2H3,(H,18,19). The molecule has 1 saturated heterocycles. The zero-order valence-corrected chi connectivity index (χ0v) is 12.4. The summed E-state index contributed by atoms with van der Waals surface area (Å²) >= 11 is 0. The smallest absolute Gasteiger partial charge is 0.108 e. The lowest BCUT2D eigenvalue weighted by Gasteiger charge is -2.37. The molecule has 4 nitrogen and oxygen atoms in total. The van der Waals surface area contributed by atoms with Crippen LogP contribution in [-0.2, 0) is 6.42 Å². The van der Waals surface area contributed by atoms with Crippen LogP contribution < -0.4 is 5.73 Å².